The van der Waals surface area contributed by atoms with Crippen molar-refractivity contribution in [3.63, 3.8) is 0 Å². The Balaban J connectivity index is 1.79. The van der Waals surface area contributed by atoms with Crippen molar-refractivity contribution in [1.82, 2.24) is 9.80 Å². The minimum Gasteiger partial charge on any atom is -0.321 e. The van der Waals surface area contributed by atoms with Crippen molar-refractivity contribution in [3.05, 3.63) is 0 Å². The molecule has 156 valence electrons. The standard InChI is InChI=1S/C24H44N2O/c1-16(2)20-10-8-18(5)14-22(20)25-12-7-13-26(24(25)27)23-15-19(6)9-11-21(23)17(3)4/h16-23H,7-15H2,1-6H3. The number of urea groups is 1. The van der Waals surface area contributed by atoms with Gasteiger partial charge in [0, 0.05) is 25.2 Å². The van der Waals surface area contributed by atoms with Gasteiger partial charge in [-0.25, -0.2) is 4.79 Å². The number of amides is 2. The summed E-state index contributed by atoms with van der Waals surface area (Å²) in [5.74, 6) is 4.21. The van der Waals surface area contributed by atoms with Gasteiger partial charge >= 0.3 is 6.03 Å². The fourth-order valence-corrected chi connectivity index (χ4v) is 6.40. The molecule has 6 atom stereocenters. The van der Waals surface area contributed by atoms with E-state index < -0.39 is 0 Å². The molecule has 1 saturated heterocycles. The highest BCUT2D eigenvalue weighted by Crippen LogP contribution is 2.40. The van der Waals surface area contributed by atoms with Gasteiger partial charge in [0.1, 0.15) is 0 Å². The number of rotatable bonds is 4. The summed E-state index contributed by atoms with van der Waals surface area (Å²) in [6.07, 6.45) is 8.82. The van der Waals surface area contributed by atoms with Crippen LogP contribution >= 0.6 is 0 Å². The SMILES string of the molecule is CC1CCC(C(C)C)C(N2CCCN(C3CC(C)CCC3C(C)C)C2=O)C1. The van der Waals surface area contributed by atoms with E-state index in [1.807, 2.05) is 0 Å². The van der Waals surface area contributed by atoms with Gasteiger partial charge in [-0.15, -0.1) is 0 Å². The van der Waals surface area contributed by atoms with Crippen LogP contribution in [0, 0.1) is 35.5 Å². The summed E-state index contributed by atoms with van der Waals surface area (Å²) in [4.78, 5) is 18.4. The molecular formula is C24H44N2O. The molecule has 0 spiro atoms. The topological polar surface area (TPSA) is 23.6 Å². The molecule has 2 saturated carbocycles. The molecule has 0 aromatic heterocycles. The fraction of sp³-hybridized carbons (Fsp3) is 0.958. The van der Waals surface area contributed by atoms with Gasteiger partial charge in [0.25, 0.3) is 0 Å². The highest BCUT2D eigenvalue weighted by Gasteiger charge is 2.43. The third-order valence-corrected chi connectivity index (χ3v) is 8.06. The Kier molecular flexibility index (Phi) is 6.79. The molecule has 6 unspecified atom stereocenters. The normalized spacial score (nSPS) is 38.7. The molecule has 2 aliphatic carbocycles. The van der Waals surface area contributed by atoms with Gasteiger partial charge < -0.3 is 9.80 Å². The zero-order chi connectivity index (χ0) is 19.7. The van der Waals surface area contributed by atoms with Gasteiger partial charge in [-0.1, -0.05) is 54.4 Å². The van der Waals surface area contributed by atoms with Gasteiger partial charge in [0.05, 0.1) is 0 Å². The number of hydrogen-bond acceptors (Lipinski definition) is 1. The largest absolute Gasteiger partial charge is 0.321 e. The Morgan fingerprint density at radius 1 is 0.741 bits per heavy atom. The van der Waals surface area contributed by atoms with Crippen molar-refractivity contribution in [1.29, 1.82) is 0 Å². The summed E-state index contributed by atoms with van der Waals surface area (Å²) in [6.45, 7) is 16.2. The second-order valence-corrected chi connectivity index (χ2v) is 10.8. The number of nitrogens with zero attached hydrogens (tertiary/aromatic N) is 2. The lowest BCUT2D eigenvalue weighted by Crippen LogP contribution is -2.61. The highest BCUT2D eigenvalue weighted by molar-refractivity contribution is 5.76. The van der Waals surface area contributed by atoms with Crippen molar-refractivity contribution in [2.24, 2.45) is 35.5 Å². The van der Waals surface area contributed by atoms with Crippen LogP contribution in [0.3, 0.4) is 0 Å². The van der Waals surface area contributed by atoms with Crippen LogP contribution in [0.25, 0.3) is 0 Å². The molecule has 0 radical (unpaired) electrons. The fourth-order valence-electron chi connectivity index (χ4n) is 6.40. The highest BCUT2D eigenvalue weighted by atomic mass is 16.2. The van der Waals surface area contributed by atoms with E-state index in [1.54, 1.807) is 0 Å². The lowest BCUT2D eigenvalue weighted by molar-refractivity contribution is 0.0118. The maximum atomic E-state index is 13.7. The Bertz CT molecular complexity index is 461. The first kappa shape index (κ1) is 21.0. The molecule has 0 bridgehead atoms. The molecule has 0 N–H and O–H groups in total. The molecule has 3 aliphatic rings. The van der Waals surface area contributed by atoms with Gasteiger partial charge in [0.15, 0.2) is 0 Å². The molecule has 3 nitrogen and oxygen atoms in total. The molecule has 3 heteroatoms. The molecule has 2 amide bonds. The van der Waals surface area contributed by atoms with Crippen LogP contribution in [0.15, 0.2) is 0 Å². The second kappa shape index (κ2) is 8.74. The monoisotopic (exact) mass is 376 g/mol. The van der Waals surface area contributed by atoms with Crippen LogP contribution in [0.5, 0.6) is 0 Å². The maximum absolute atomic E-state index is 13.7. The Labute approximate surface area is 168 Å². The second-order valence-electron chi connectivity index (χ2n) is 10.8. The third-order valence-electron chi connectivity index (χ3n) is 8.06. The van der Waals surface area contributed by atoms with Crippen LogP contribution < -0.4 is 0 Å². The summed E-state index contributed by atoms with van der Waals surface area (Å²) in [5, 5.41) is 0. The van der Waals surface area contributed by atoms with Gasteiger partial charge in [-0.2, -0.15) is 0 Å². The Hall–Kier alpha value is -0.730. The molecule has 3 fully saturated rings. The average Bonchev–Trinajstić information content (AvgIpc) is 2.61. The molecule has 1 aliphatic heterocycles. The molecule has 1 heterocycles. The van der Waals surface area contributed by atoms with Crippen molar-refractivity contribution < 1.29 is 4.79 Å². The van der Waals surface area contributed by atoms with Crippen molar-refractivity contribution in [2.75, 3.05) is 13.1 Å². The van der Waals surface area contributed by atoms with Gasteiger partial charge in [0.2, 0.25) is 0 Å². The van der Waals surface area contributed by atoms with E-state index in [0.717, 1.165) is 31.3 Å². The van der Waals surface area contributed by atoms with E-state index in [4.69, 9.17) is 0 Å². The smallest absolute Gasteiger partial charge is 0.320 e. The summed E-state index contributed by atoms with van der Waals surface area (Å²) in [5.41, 5.74) is 0. The summed E-state index contributed by atoms with van der Waals surface area (Å²) in [7, 11) is 0. The number of carbonyl (C=O) groups is 1. The predicted molar refractivity (Wildman–Crippen MR) is 114 cm³/mol. The van der Waals surface area contributed by atoms with E-state index in [0.29, 0.717) is 41.8 Å². The van der Waals surface area contributed by atoms with Crippen LogP contribution in [0.2, 0.25) is 0 Å². The number of hydrogen-bond donors (Lipinski definition) is 0. The molecule has 0 aromatic rings. The van der Waals surface area contributed by atoms with Crippen molar-refractivity contribution >= 4 is 6.03 Å². The first-order chi connectivity index (χ1) is 12.8. The molecule has 3 rings (SSSR count). The lowest BCUT2D eigenvalue weighted by atomic mass is 9.72. The van der Waals surface area contributed by atoms with Crippen LogP contribution in [0.1, 0.15) is 86.5 Å². The minimum absolute atomic E-state index is 0.371. The van der Waals surface area contributed by atoms with Crippen LogP contribution in [-0.4, -0.2) is 41.0 Å². The summed E-state index contributed by atoms with van der Waals surface area (Å²) in [6, 6.07) is 1.29. The first-order valence-corrected chi connectivity index (χ1v) is 11.9. The van der Waals surface area contributed by atoms with Crippen LogP contribution in [-0.2, 0) is 0 Å². The molecule has 0 aromatic carbocycles. The quantitative estimate of drug-likeness (QED) is 0.587. The van der Waals surface area contributed by atoms with E-state index in [2.05, 4.69) is 51.3 Å². The molecule has 27 heavy (non-hydrogen) atoms. The average molecular weight is 377 g/mol. The van der Waals surface area contributed by atoms with E-state index >= 15 is 0 Å². The van der Waals surface area contributed by atoms with Gasteiger partial charge in [-0.05, 0) is 67.6 Å². The number of carbonyl (C=O) groups excluding carboxylic acids is 1. The summed E-state index contributed by atoms with van der Waals surface area (Å²) < 4.78 is 0. The zero-order valence-electron chi connectivity index (χ0n) is 18.8. The zero-order valence-corrected chi connectivity index (χ0v) is 18.8. The lowest BCUT2D eigenvalue weighted by Gasteiger charge is -2.51. The van der Waals surface area contributed by atoms with Gasteiger partial charge in [-0.3, -0.25) is 0 Å². The molecular weight excluding hydrogens is 332 g/mol. The third kappa shape index (κ3) is 4.48. The Morgan fingerprint density at radius 3 is 1.52 bits per heavy atom. The van der Waals surface area contributed by atoms with E-state index in [9.17, 15) is 4.79 Å². The van der Waals surface area contributed by atoms with Crippen molar-refractivity contribution in [3.8, 4) is 0 Å². The Morgan fingerprint density at radius 2 is 1.15 bits per heavy atom. The predicted octanol–water partition coefficient (Wildman–Crippen LogP) is 6.04. The maximum Gasteiger partial charge on any atom is 0.320 e. The minimum atomic E-state index is 0.371. The van der Waals surface area contributed by atoms with Crippen molar-refractivity contribution in [2.45, 2.75) is 98.6 Å². The first-order valence-electron chi connectivity index (χ1n) is 11.9. The van der Waals surface area contributed by atoms with Crippen LogP contribution in [0.4, 0.5) is 4.79 Å². The van der Waals surface area contributed by atoms with E-state index in [-0.39, 0.29) is 0 Å². The summed E-state index contributed by atoms with van der Waals surface area (Å²) >= 11 is 0. The van der Waals surface area contributed by atoms with E-state index in [1.165, 1.54) is 38.5 Å².